The molecule has 0 radical (unpaired) electrons. The number of nitrogens with two attached hydrogens (primary N) is 1. The Morgan fingerprint density at radius 3 is 1.92 bits per heavy atom. The van der Waals surface area contributed by atoms with Crippen molar-refractivity contribution in [3.63, 3.8) is 0 Å². The zero-order chi connectivity index (χ0) is 51.2. The SMILES string of the molecule is COCCOCCOCCN(CCCC(N)=O)c1cc(COc2cc3c(cc2OC)C(=O)N2c4ccccc4C[C@H]2CN3)cc(COc2cc3c(cc2OC)C(=O)N2c4ccccc4C[C@H]2C(S(=O)(=O)O)N3)c1. The summed E-state index contributed by atoms with van der Waals surface area (Å²) in [6.45, 7) is 3.47. The lowest BCUT2D eigenvalue weighted by atomic mass is 10.1. The normalized spacial score (nSPS) is 17.4. The molecule has 0 fully saturated rings. The molecule has 386 valence electrons. The molecule has 5 N–H and O–H groups in total. The highest BCUT2D eigenvalue weighted by Gasteiger charge is 2.47. The first-order valence-electron chi connectivity index (χ1n) is 24.1. The molecular formula is C53H60N6O13S. The molecule has 1 unspecified atom stereocenters. The second-order valence-corrected chi connectivity index (χ2v) is 19.7. The molecule has 0 aromatic heterocycles. The zero-order valence-corrected chi connectivity index (χ0v) is 41.8. The number of hydrogen-bond donors (Lipinski definition) is 4. The topological polar surface area (TPSA) is 230 Å². The highest BCUT2D eigenvalue weighted by Crippen LogP contribution is 2.44. The van der Waals surface area contributed by atoms with Crippen LogP contribution in [0.15, 0.2) is 91.0 Å². The van der Waals surface area contributed by atoms with Crippen LogP contribution in [-0.4, -0.2) is 122 Å². The molecule has 20 heteroatoms. The Labute approximate surface area is 424 Å². The highest BCUT2D eigenvalue weighted by molar-refractivity contribution is 7.86. The van der Waals surface area contributed by atoms with Crippen LogP contribution in [0.5, 0.6) is 23.0 Å². The number of ether oxygens (including phenoxy) is 7. The van der Waals surface area contributed by atoms with Crippen molar-refractivity contribution < 1.29 is 60.5 Å². The third-order valence-electron chi connectivity index (χ3n) is 13.4. The second-order valence-electron chi connectivity index (χ2n) is 18.2. The van der Waals surface area contributed by atoms with Crippen LogP contribution in [0.1, 0.15) is 55.8 Å². The number of para-hydroxylation sites is 2. The van der Waals surface area contributed by atoms with Gasteiger partial charge < -0.3 is 64.2 Å². The first kappa shape index (κ1) is 50.8. The van der Waals surface area contributed by atoms with Crippen LogP contribution in [-0.2, 0) is 55.2 Å². The number of carbonyl (C=O) groups is 3. The van der Waals surface area contributed by atoms with Gasteiger partial charge in [-0.15, -0.1) is 0 Å². The minimum absolute atomic E-state index is 0.0345. The van der Waals surface area contributed by atoms with Crippen molar-refractivity contribution in [2.75, 3.05) is 99.3 Å². The standard InChI is InChI=1S/C53H60N6O13S/c1-66-17-18-70-20-19-69-16-15-57(14-8-13-50(54)60)37-22-33(31-71-48-28-41-39(26-46(48)67-2)52(61)58-38(30-55-41)24-35-9-4-6-11-43(35)58)21-34(23-37)32-72-49-29-42-40(27-47(49)68-3)53(62)59-44-12-7-5-10-36(44)25-45(59)51(56-42)73(63,64)65/h4-7,9-12,21-23,26-29,38,45,51,55-56H,8,13-20,24-25,30-32H2,1-3H3,(H2,54,60)(H,63,64,65)/t38-,45-,51?/m0/s1. The molecule has 5 aromatic rings. The van der Waals surface area contributed by atoms with E-state index in [1.54, 1.807) is 31.4 Å². The summed E-state index contributed by atoms with van der Waals surface area (Å²) < 4.78 is 77.8. The van der Waals surface area contributed by atoms with Gasteiger partial charge in [-0.05, 0) is 84.0 Å². The van der Waals surface area contributed by atoms with Gasteiger partial charge in [-0.1, -0.05) is 36.4 Å². The summed E-state index contributed by atoms with van der Waals surface area (Å²) in [5.41, 5.74) is 12.5. The van der Waals surface area contributed by atoms with Gasteiger partial charge in [0.2, 0.25) is 5.91 Å². The van der Waals surface area contributed by atoms with E-state index in [-0.39, 0.29) is 60.8 Å². The number of anilines is 5. The van der Waals surface area contributed by atoms with Crippen molar-refractivity contribution in [2.45, 2.75) is 56.4 Å². The molecule has 0 spiro atoms. The van der Waals surface area contributed by atoms with Crippen LogP contribution in [0.4, 0.5) is 28.4 Å². The Bertz CT molecular complexity index is 2970. The van der Waals surface area contributed by atoms with Crippen LogP contribution in [0.3, 0.4) is 0 Å². The predicted octanol–water partition coefficient (Wildman–Crippen LogP) is 5.82. The number of rotatable bonds is 23. The Hall–Kier alpha value is -7.10. The summed E-state index contributed by atoms with van der Waals surface area (Å²) in [6, 6.07) is 26.5. The van der Waals surface area contributed by atoms with Crippen LogP contribution < -0.4 is 50.0 Å². The van der Waals surface area contributed by atoms with E-state index in [1.165, 1.54) is 31.3 Å². The van der Waals surface area contributed by atoms with E-state index in [4.69, 9.17) is 38.9 Å². The van der Waals surface area contributed by atoms with Gasteiger partial charge in [-0.2, -0.15) is 8.42 Å². The molecule has 5 aromatic carbocycles. The molecule has 4 heterocycles. The van der Waals surface area contributed by atoms with E-state index in [1.807, 2.05) is 53.4 Å². The molecule has 0 saturated heterocycles. The van der Waals surface area contributed by atoms with Gasteiger partial charge in [0, 0.05) is 62.4 Å². The van der Waals surface area contributed by atoms with Gasteiger partial charge in [0.25, 0.3) is 21.9 Å². The average Bonchev–Trinajstić information content (AvgIpc) is 3.88. The van der Waals surface area contributed by atoms with E-state index in [2.05, 4.69) is 21.6 Å². The van der Waals surface area contributed by atoms with Crippen molar-refractivity contribution in [1.82, 2.24) is 0 Å². The molecule has 3 atom stereocenters. The lowest BCUT2D eigenvalue weighted by molar-refractivity contribution is -0.118. The van der Waals surface area contributed by atoms with Gasteiger partial charge in [-0.3, -0.25) is 18.9 Å². The maximum absolute atomic E-state index is 14.3. The Morgan fingerprint density at radius 1 is 0.712 bits per heavy atom. The van der Waals surface area contributed by atoms with Gasteiger partial charge in [0.05, 0.1) is 81.8 Å². The van der Waals surface area contributed by atoms with Crippen molar-refractivity contribution >= 4 is 56.3 Å². The van der Waals surface area contributed by atoms with Gasteiger partial charge in [-0.25, -0.2) is 0 Å². The zero-order valence-electron chi connectivity index (χ0n) is 41.0. The quantitative estimate of drug-likeness (QED) is 0.0446. The fourth-order valence-corrected chi connectivity index (χ4v) is 10.9. The monoisotopic (exact) mass is 1020 g/mol. The number of carbonyl (C=O) groups excluding carboxylic acids is 3. The summed E-state index contributed by atoms with van der Waals surface area (Å²) in [5.74, 6) is 0.178. The number of nitrogens with zero attached hydrogens (tertiary/aromatic N) is 3. The summed E-state index contributed by atoms with van der Waals surface area (Å²) >= 11 is 0. The Balaban J connectivity index is 1.01. The minimum atomic E-state index is -4.73. The van der Waals surface area contributed by atoms with Crippen molar-refractivity contribution in [3.8, 4) is 23.0 Å². The highest BCUT2D eigenvalue weighted by atomic mass is 32.2. The molecule has 0 saturated carbocycles. The average molecular weight is 1020 g/mol. The van der Waals surface area contributed by atoms with Crippen LogP contribution >= 0.6 is 0 Å². The fraction of sp³-hybridized carbons (Fsp3) is 0.377. The smallest absolute Gasteiger partial charge is 0.288 e. The van der Waals surface area contributed by atoms with E-state index in [9.17, 15) is 27.4 Å². The van der Waals surface area contributed by atoms with Crippen molar-refractivity contribution in [2.24, 2.45) is 5.73 Å². The largest absolute Gasteiger partial charge is 0.493 e. The van der Waals surface area contributed by atoms with Gasteiger partial charge >= 0.3 is 0 Å². The van der Waals surface area contributed by atoms with E-state index >= 15 is 0 Å². The van der Waals surface area contributed by atoms with E-state index < -0.39 is 33.3 Å². The summed E-state index contributed by atoms with van der Waals surface area (Å²) in [5, 5.41) is 4.89. The molecule has 4 aliphatic rings. The Morgan fingerprint density at radius 2 is 1.29 bits per heavy atom. The van der Waals surface area contributed by atoms with Crippen LogP contribution in [0.25, 0.3) is 0 Å². The third-order valence-corrected chi connectivity index (χ3v) is 14.5. The Kier molecular flexibility index (Phi) is 15.6. The molecule has 4 aliphatic heterocycles. The number of nitrogens with one attached hydrogen (secondary N) is 2. The number of amides is 3. The maximum Gasteiger partial charge on any atom is 0.288 e. The second kappa shape index (κ2) is 22.3. The first-order valence-corrected chi connectivity index (χ1v) is 25.6. The molecule has 9 rings (SSSR count). The lowest BCUT2D eigenvalue weighted by Gasteiger charge is -2.27. The molecule has 0 aliphatic carbocycles. The minimum Gasteiger partial charge on any atom is -0.493 e. The molecule has 3 amide bonds. The molecule has 73 heavy (non-hydrogen) atoms. The number of benzene rings is 5. The number of fused-ring (bicyclic) bond motifs is 8. The van der Waals surface area contributed by atoms with Gasteiger partial charge in [0.15, 0.2) is 28.4 Å². The number of methoxy groups -OCH3 is 3. The van der Waals surface area contributed by atoms with E-state index in [0.717, 1.165) is 34.5 Å². The summed E-state index contributed by atoms with van der Waals surface area (Å²) in [6.07, 6.45) is 1.58. The molecule has 19 nitrogen and oxygen atoms in total. The fourth-order valence-electron chi connectivity index (χ4n) is 9.98. The summed E-state index contributed by atoms with van der Waals surface area (Å²) in [4.78, 5) is 45.8. The predicted molar refractivity (Wildman–Crippen MR) is 274 cm³/mol. The lowest BCUT2D eigenvalue weighted by Crippen LogP contribution is -2.49. The van der Waals surface area contributed by atoms with Crippen LogP contribution in [0.2, 0.25) is 0 Å². The molecular weight excluding hydrogens is 961 g/mol. The van der Waals surface area contributed by atoms with E-state index in [0.29, 0.717) is 93.1 Å². The first-order chi connectivity index (χ1) is 35.3. The van der Waals surface area contributed by atoms with Crippen molar-refractivity contribution in [3.05, 3.63) is 124 Å². The maximum atomic E-state index is 14.3. The molecule has 0 bridgehead atoms. The summed E-state index contributed by atoms with van der Waals surface area (Å²) in [7, 11) is -0.159. The third kappa shape index (κ3) is 11.1. The number of hydrogen-bond acceptors (Lipinski definition) is 15. The van der Waals surface area contributed by atoms with Crippen molar-refractivity contribution in [1.29, 1.82) is 0 Å². The van der Waals surface area contributed by atoms with Gasteiger partial charge in [0.1, 0.15) is 13.2 Å². The number of primary amides is 1. The van der Waals surface area contributed by atoms with Crippen LogP contribution in [0, 0.1) is 0 Å².